The molecule has 0 aliphatic carbocycles. The second kappa shape index (κ2) is 23.7. The average molecular weight is 657 g/mol. The molecule has 1 saturated heterocycles. The Kier molecular flexibility index (Phi) is 20.8. The molecule has 2 amide bonds. The number of aliphatic imine (C=N–C) groups is 2. The van der Waals surface area contributed by atoms with Crippen LogP contribution in [0, 0.1) is 5.92 Å². The van der Waals surface area contributed by atoms with Crippen LogP contribution in [0.2, 0.25) is 0 Å². The molecular formula is C35H53ClN6O4. The number of rotatable bonds is 11. The number of anilines is 1. The van der Waals surface area contributed by atoms with E-state index in [0.717, 1.165) is 6.42 Å². The van der Waals surface area contributed by atoms with Crippen molar-refractivity contribution in [1.82, 2.24) is 15.2 Å². The summed E-state index contributed by atoms with van der Waals surface area (Å²) in [7, 11) is 0. The predicted molar refractivity (Wildman–Crippen MR) is 190 cm³/mol. The van der Waals surface area contributed by atoms with Crippen LogP contribution in [0.15, 0.2) is 82.1 Å². The zero-order chi connectivity index (χ0) is 34.2. The molecule has 1 aromatic heterocycles. The number of carbonyl (C=O) groups is 2. The zero-order valence-electron chi connectivity index (χ0n) is 28.3. The van der Waals surface area contributed by atoms with Gasteiger partial charge in [0.1, 0.15) is 17.5 Å². The van der Waals surface area contributed by atoms with Crippen molar-refractivity contribution >= 4 is 41.4 Å². The number of carbonyl (C=O) groups excluding carboxylic acids is 2. The molecule has 10 nitrogen and oxygen atoms in total. The lowest BCUT2D eigenvalue weighted by Gasteiger charge is -2.32. The molecule has 0 bridgehead atoms. The maximum Gasteiger partial charge on any atom is 0.229 e. The van der Waals surface area contributed by atoms with E-state index in [2.05, 4.69) is 20.6 Å². The van der Waals surface area contributed by atoms with Gasteiger partial charge in [0.25, 0.3) is 0 Å². The van der Waals surface area contributed by atoms with Crippen LogP contribution < -0.4 is 10.6 Å². The third-order valence-corrected chi connectivity index (χ3v) is 7.06. The number of aliphatic hydroxyl groups excluding tert-OH is 1. The number of nitrogens with zero attached hydrogens (tertiary/aromatic N) is 4. The van der Waals surface area contributed by atoms with Crippen LogP contribution in [0.5, 0.6) is 0 Å². The maximum atomic E-state index is 12.8. The van der Waals surface area contributed by atoms with Gasteiger partial charge in [-0.15, -0.1) is 0 Å². The molecule has 254 valence electrons. The molecule has 11 heteroatoms. The number of hydrogen-bond donors (Lipinski definition) is 3. The van der Waals surface area contributed by atoms with Gasteiger partial charge in [0, 0.05) is 36.8 Å². The predicted octanol–water partition coefficient (Wildman–Crippen LogP) is 6.76. The average Bonchev–Trinajstić information content (AvgIpc) is 3.18. The van der Waals surface area contributed by atoms with Crippen LogP contribution in [0.4, 0.5) is 5.82 Å². The number of aromatic nitrogens is 1. The van der Waals surface area contributed by atoms with Gasteiger partial charge in [0.15, 0.2) is 6.23 Å². The lowest BCUT2D eigenvalue weighted by atomic mass is 9.93. The van der Waals surface area contributed by atoms with Crippen molar-refractivity contribution < 1.29 is 19.4 Å². The summed E-state index contributed by atoms with van der Waals surface area (Å²) in [6.07, 6.45) is 17.3. The summed E-state index contributed by atoms with van der Waals surface area (Å²) >= 11 is 6.51. The summed E-state index contributed by atoms with van der Waals surface area (Å²) in [5.41, 5.74) is -0.408. The first-order chi connectivity index (χ1) is 22.3. The van der Waals surface area contributed by atoms with E-state index in [4.69, 9.17) is 21.3 Å². The van der Waals surface area contributed by atoms with Gasteiger partial charge in [0.2, 0.25) is 12.3 Å². The molecule has 2 atom stereocenters. The number of amidine groups is 2. The summed E-state index contributed by atoms with van der Waals surface area (Å²) in [5, 5.41) is 17.3. The van der Waals surface area contributed by atoms with Crippen LogP contribution in [0.25, 0.3) is 0 Å². The number of pyridine rings is 1. The van der Waals surface area contributed by atoms with Crippen molar-refractivity contribution in [2.24, 2.45) is 15.9 Å². The van der Waals surface area contributed by atoms with E-state index in [9.17, 15) is 14.7 Å². The summed E-state index contributed by atoms with van der Waals surface area (Å²) in [6.45, 7) is 13.1. The van der Waals surface area contributed by atoms with E-state index >= 15 is 0 Å². The van der Waals surface area contributed by atoms with Crippen LogP contribution in [0.1, 0.15) is 80.1 Å². The molecule has 1 aromatic rings. The minimum absolute atomic E-state index is 0.109. The second-order valence-electron chi connectivity index (χ2n) is 10.3. The number of hydrogen-bond acceptors (Lipinski definition) is 7. The molecule has 3 N–H and O–H groups in total. The fourth-order valence-electron chi connectivity index (χ4n) is 4.37. The van der Waals surface area contributed by atoms with Gasteiger partial charge in [-0.05, 0) is 69.5 Å². The van der Waals surface area contributed by atoms with Gasteiger partial charge in [-0.1, -0.05) is 76.6 Å². The first-order valence-electron chi connectivity index (χ1n) is 16.3. The Hall–Kier alpha value is -3.60. The van der Waals surface area contributed by atoms with Gasteiger partial charge < -0.3 is 20.5 Å². The summed E-state index contributed by atoms with van der Waals surface area (Å²) < 4.78 is 5.50. The highest BCUT2D eigenvalue weighted by Gasteiger charge is 2.29. The van der Waals surface area contributed by atoms with Crippen molar-refractivity contribution in [1.29, 1.82) is 0 Å². The van der Waals surface area contributed by atoms with E-state index in [-0.39, 0.29) is 24.8 Å². The molecule has 0 saturated carbocycles. The van der Waals surface area contributed by atoms with Gasteiger partial charge >= 0.3 is 0 Å². The van der Waals surface area contributed by atoms with Crippen molar-refractivity contribution in [3.8, 4) is 0 Å². The molecule has 3 heterocycles. The van der Waals surface area contributed by atoms with Crippen molar-refractivity contribution in [2.45, 2.75) is 91.8 Å². The molecular weight excluding hydrogens is 604 g/mol. The standard InChI is InChI=1S/C31H41ClN6O4.2C2H6/c1-3-4-5-12-25(32)21-28(37-31(2)15-19-42-20-16-31)38(23-39)22-29(40)35-26-14-8-10-24(11-9-18-34-26)30(41)36-27-13-6-7-17-33-27;2*1-2/h4-9,12-14,17-18,23-24,29,40H,3,10-11,15-16,19-22H2,1-2H3,(H,34,35)(H,33,36,41);2*1-2H3/b5-4-,14-8+,18-9+,25-12+,37-28?;;/t24-,29?;;/m0../s1. The van der Waals surface area contributed by atoms with Crippen LogP contribution in [-0.2, 0) is 14.3 Å². The molecule has 3 rings (SSSR count). The Labute approximate surface area is 280 Å². The van der Waals surface area contributed by atoms with E-state index < -0.39 is 11.8 Å². The number of amides is 2. The van der Waals surface area contributed by atoms with E-state index in [1.165, 1.54) is 4.90 Å². The van der Waals surface area contributed by atoms with E-state index in [1.54, 1.807) is 36.7 Å². The minimum atomic E-state index is -1.24. The molecule has 1 unspecified atom stereocenters. The molecule has 0 spiro atoms. The Balaban J connectivity index is 0.00000254. The van der Waals surface area contributed by atoms with Crippen molar-refractivity contribution in [3.05, 3.63) is 72.1 Å². The molecule has 46 heavy (non-hydrogen) atoms. The number of ether oxygens (including phenoxy) is 1. The zero-order valence-corrected chi connectivity index (χ0v) is 29.0. The maximum absolute atomic E-state index is 12.8. The topological polar surface area (TPSA) is 129 Å². The van der Waals surface area contributed by atoms with E-state index in [1.807, 2.05) is 71.9 Å². The molecule has 0 aromatic carbocycles. The van der Waals surface area contributed by atoms with Gasteiger partial charge in [-0.25, -0.2) is 9.98 Å². The molecule has 2 aliphatic rings. The Bertz CT molecular complexity index is 1210. The Morgan fingerprint density at radius 1 is 1.24 bits per heavy atom. The summed E-state index contributed by atoms with van der Waals surface area (Å²) in [5.74, 6) is 0.924. The fraction of sp³-hybridized carbons (Fsp3) is 0.514. The number of aliphatic hydroxyl groups is 1. The molecule has 1 fully saturated rings. The lowest BCUT2D eigenvalue weighted by molar-refractivity contribution is -0.119. The Morgan fingerprint density at radius 2 is 1.96 bits per heavy atom. The summed E-state index contributed by atoms with van der Waals surface area (Å²) in [6, 6.07) is 5.34. The SMILES string of the molecule is CC.CC.CC/C=C\C=C(\Cl)CC(=NC1(C)CCOCC1)N(C=O)CC(O)/N=C1/C=C/C[C@H](C(=O)Nc2ccccn2)C/C=C/N1. The highest BCUT2D eigenvalue weighted by atomic mass is 35.5. The van der Waals surface area contributed by atoms with Gasteiger partial charge in [-0.3, -0.25) is 19.5 Å². The third kappa shape index (κ3) is 15.6. The minimum Gasteiger partial charge on any atom is -0.381 e. The second-order valence-corrected chi connectivity index (χ2v) is 10.8. The quantitative estimate of drug-likeness (QED) is 0.104. The number of nitrogens with one attached hydrogen (secondary N) is 2. The highest BCUT2D eigenvalue weighted by molar-refractivity contribution is 6.31. The smallest absolute Gasteiger partial charge is 0.229 e. The van der Waals surface area contributed by atoms with Gasteiger partial charge in [-0.2, -0.15) is 0 Å². The molecule has 2 aliphatic heterocycles. The van der Waals surface area contributed by atoms with Crippen molar-refractivity contribution in [2.75, 3.05) is 25.1 Å². The Morgan fingerprint density at radius 3 is 2.61 bits per heavy atom. The van der Waals surface area contributed by atoms with Crippen LogP contribution >= 0.6 is 11.6 Å². The van der Waals surface area contributed by atoms with Gasteiger partial charge in [0.05, 0.1) is 12.1 Å². The highest BCUT2D eigenvalue weighted by Crippen LogP contribution is 2.26. The van der Waals surface area contributed by atoms with E-state index in [0.29, 0.717) is 67.8 Å². The van der Waals surface area contributed by atoms with Crippen molar-refractivity contribution in [3.63, 3.8) is 0 Å². The number of allylic oxidation sites excluding steroid dienone is 5. The summed E-state index contributed by atoms with van der Waals surface area (Å²) in [4.78, 5) is 39.8. The largest absolute Gasteiger partial charge is 0.381 e. The van der Waals surface area contributed by atoms with Crippen LogP contribution in [0.3, 0.4) is 0 Å². The first kappa shape index (κ1) is 40.4. The molecule has 0 radical (unpaired) electrons. The first-order valence-corrected chi connectivity index (χ1v) is 16.6. The third-order valence-electron chi connectivity index (χ3n) is 6.80. The number of halogens is 1. The fourth-order valence-corrected chi connectivity index (χ4v) is 4.56. The monoisotopic (exact) mass is 656 g/mol. The normalized spacial score (nSPS) is 21.0. The van der Waals surface area contributed by atoms with Crippen LogP contribution in [-0.4, -0.2) is 70.5 Å². The lowest BCUT2D eigenvalue weighted by Crippen LogP contribution is -2.40.